The highest BCUT2D eigenvalue weighted by molar-refractivity contribution is 5.46. The number of hydrogen-bond acceptors (Lipinski definition) is 2. The molecule has 2 aromatic heterocycles. The van der Waals surface area contributed by atoms with Gasteiger partial charge in [0.05, 0.1) is 11.4 Å². The van der Waals surface area contributed by atoms with Crippen LogP contribution in [0.25, 0.3) is 5.65 Å². The van der Waals surface area contributed by atoms with Crippen LogP contribution in [0.2, 0.25) is 0 Å². The van der Waals surface area contributed by atoms with Crippen LogP contribution in [-0.4, -0.2) is 9.38 Å². The van der Waals surface area contributed by atoms with Gasteiger partial charge in [0.1, 0.15) is 11.5 Å². The van der Waals surface area contributed by atoms with Crippen molar-refractivity contribution >= 4 is 5.65 Å². The normalized spacial score (nSPS) is 12.8. The van der Waals surface area contributed by atoms with Crippen LogP contribution in [0.4, 0.5) is 4.39 Å². The smallest absolute Gasteiger partial charge is 0.137 e. The van der Waals surface area contributed by atoms with Crippen LogP contribution >= 0.6 is 0 Å². The Balaban J connectivity index is 2.08. The number of rotatable bonds is 3. The summed E-state index contributed by atoms with van der Waals surface area (Å²) in [6.45, 7) is 4.00. The number of nitrogens with two attached hydrogens (primary N) is 1. The summed E-state index contributed by atoms with van der Waals surface area (Å²) in [5.74, 6) is -0.225. The highest BCUT2D eigenvalue weighted by Crippen LogP contribution is 2.22. The molecule has 2 N–H and O–H groups in total. The van der Waals surface area contributed by atoms with Gasteiger partial charge in [0, 0.05) is 18.7 Å². The minimum Gasteiger partial charge on any atom is -0.323 e. The fraction of sp³-hybridized carbons (Fsp3) is 0.235. The zero-order valence-corrected chi connectivity index (χ0v) is 12.2. The van der Waals surface area contributed by atoms with Gasteiger partial charge in [-0.2, -0.15) is 0 Å². The Hall–Kier alpha value is -2.20. The summed E-state index contributed by atoms with van der Waals surface area (Å²) in [6.07, 6.45) is 2.70. The molecule has 0 saturated heterocycles. The van der Waals surface area contributed by atoms with Crippen LogP contribution in [0.3, 0.4) is 0 Å². The number of imidazole rings is 1. The predicted octanol–water partition coefficient (Wildman–Crippen LogP) is 3.39. The standard InChI is InChI=1S/C17H18FN3/c1-11-3-8-16-20-15(17(12(2)19)21(16)10-11)9-13-4-6-14(18)7-5-13/h3-8,10,12H,9,19H2,1-2H3. The van der Waals surface area contributed by atoms with Gasteiger partial charge in [0.25, 0.3) is 0 Å². The van der Waals surface area contributed by atoms with Gasteiger partial charge in [-0.25, -0.2) is 9.37 Å². The van der Waals surface area contributed by atoms with Gasteiger partial charge in [0.15, 0.2) is 0 Å². The zero-order chi connectivity index (χ0) is 15.0. The van der Waals surface area contributed by atoms with Crippen molar-refractivity contribution in [2.24, 2.45) is 5.73 Å². The summed E-state index contributed by atoms with van der Waals surface area (Å²) in [7, 11) is 0. The number of halogens is 1. The molecule has 0 aliphatic rings. The van der Waals surface area contributed by atoms with E-state index in [1.54, 1.807) is 12.1 Å². The highest BCUT2D eigenvalue weighted by Gasteiger charge is 2.16. The predicted molar refractivity (Wildman–Crippen MR) is 81.7 cm³/mol. The SMILES string of the molecule is Cc1ccc2nc(Cc3ccc(F)cc3)c(C(C)N)n2c1. The molecule has 0 spiro atoms. The van der Waals surface area contributed by atoms with Crippen LogP contribution in [-0.2, 0) is 6.42 Å². The Kier molecular flexibility index (Phi) is 3.47. The highest BCUT2D eigenvalue weighted by atomic mass is 19.1. The van der Waals surface area contributed by atoms with Crippen LogP contribution < -0.4 is 5.73 Å². The number of hydrogen-bond donors (Lipinski definition) is 1. The fourth-order valence-corrected chi connectivity index (χ4v) is 2.63. The third-order valence-corrected chi connectivity index (χ3v) is 3.60. The quantitative estimate of drug-likeness (QED) is 0.800. The molecule has 0 radical (unpaired) electrons. The van der Waals surface area contributed by atoms with Crippen molar-refractivity contribution in [3.05, 3.63) is 70.9 Å². The summed E-state index contributed by atoms with van der Waals surface area (Å²) in [5.41, 5.74) is 11.2. The van der Waals surface area contributed by atoms with E-state index in [9.17, 15) is 4.39 Å². The van der Waals surface area contributed by atoms with Crippen molar-refractivity contribution in [1.82, 2.24) is 9.38 Å². The fourth-order valence-electron chi connectivity index (χ4n) is 2.63. The molecule has 0 aliphatic carbocycles. The van der Waals surface area contributed by atoms with Crippen LogP contribution in [0.5, 0.6) is 0 Å². The lowest BCUT2D eigenvalue weighted by molar-refractivity contribution is 0.627. The molecule has 3 nitrogen and oxygen atoms in total. The number of aryl methyl sites for hydroxylation is 1. The van der Waals surface area contributed by atoms with Crippen molar-refractivity contribution in [1.29, 1.82) is 0 Å². The maximum atomic E-state index is 13.0. The lowest BCUT2D eigenvalue weighted by Gasteiger charge is -2.09. The zero-order valence-electron chi connectivity index (χ0n) is 12.2. The van der Waals surface area contributed by atoms with Crippen molar-refractivity contribution in [2.45, 2.75) is 26.3 Å². The van der Waals surface area contributed by atoms with Gasteiger partial charge in [-0.1, -0.05) is 18.2 Å². The second-order valence-corrected chi connectivity index (χ2v) is 5.47. The first-order valence-electron chi connectivity index (χ1n) is 7.02. The first-order chi connectivity index (χ1) is 10.0. The molecule has 1 aromatic carbocycles. The average molecular weight is 283 g/mol. The van der Waals surface area contributed by atoms with Gasteiger partial charge in [-0.3, -0.25) is 0 Å². The topological polar surface area (TPSA) is 43.3 Å². The minimum atomic E-state index is -0.225. The van der Waals surface area contributed by atoms with Crippen molar-refractivity contribution in [2.75, 3.05) is 0 Å². The van der Waals surface area contributed by atoms with E-state index in [1.807, 2.05) is 26.0 Å². The molecule has 4 heteroatoms. The second kappa shape index (κ2) is 5.30. The summed E-state index contributed by atoms with van der Waals surface area (Å²) < 4.78 is 15.1. The van der Waals surface area contributed by atoms with E-state index in [0.29, 0.717) is 6.42 Å². The molecule has 21 heavy (non-hydrogen) atoms. The van der Waals surface area contributed by atoms with E-state index >= 15 is 0 Å². The van der Waals surface area contributed by atoms with Gasteiger partial charge < -0.3 is 10.1 Å². The first-order valence-corrected chi connectivity index (χ1v) is 7.02. The third-order valence-electron chi connectivity index (χ3n) is 3.60. The summed E-state index contributed by atoms with van der Waals surface area (Å²) in [6, 6.07) is 10.4. The Labute approximate surface area is 123 Å². The molecule has 2 heterocycles. The largest absolute Gasteiger partial charge is 0.323 e. The molecule has 0 fully saturated rings. The maximum absolute atomic E-state index is 13.0. The molecule has 3 rings (SSSR count). The number of pyridine rings is 1. The molecule has 0 bridgehead atoms. The van der Waals surface area contributed by atoms with E-state index in [4.69, 9.17) is 5.73 Å². The second-order valence-electron chi connectivity index (χ2n) is 5.47. The Morgan fingerprint density at radius 2 is 1.90 bits per heavy atom. The van der Waals surface area contributed by atoms with Crippen LogP contribution in [0.1, 0.15) is 35.5 Å². The molecule has 0 saturated carbocycles. The number of benzene rings is 1. The third kappa shape index (κ3) is 2.67. The van der Waals surface area contributed by atoms with Crippen molar-refractivity contribution < 1.29 is 4.39 Å². The molecule has 0 amide bonds. The van der Waals surface area contributed by atoms with E-state index in [-0.39, 0.29) is 11.9 Å². The average Bonchev–Trinajstić information content (AvgIpc) is 2.78. The monoisotopic (exact) mass is 283 g/mol. The Morgan fingerprint density at radius 3 is 2.57 bits per heavy atom. The van der Waals surface area contributed by atoms with Gasteiger partial charge in [0.2, 0.25) is 0 Å². The maximum Gasteiger partial charge on any atom is 0.137 e. The Morgan fingerprint density at radius 1 is 1.19 bits per heavy atom. The molecular weight excluding hydrogens is 265 g/mol. The molecule has 108 valence electrons. The number of aromatic nitrogens is 2. The van der Waals surface area contributed by atoms with E-state index in [1.165, 1.54) is 12.1 Å². The van der Waals surface area contributed by atoms with Gasteiger partial charge in [-0.05, 0) is 43.2 Å². The molecule has 0 aliphatic heterocycles. The first kappa shape index (κ1) is 13.8. The van der Waals surface area contributed by atoms with E-state index < -0.39 is 0 Å². The molecule has 1 unspecified atom stereocenters. The summed E-state index contributed by atoms with van der Waals surface area (Å²) in [4.78, 5) is 4.68. The minimum absolute atomic E-state index is 0.114. The number of nitrogens with zero attached hydrogens (tertiary/aromatic N) is 2. The lowest BCUT2D eigenvalue weighted by atomic mass is 10.1. The van der Waals surface area contributed by atoms with Crippen LogP contribution in [0.15, 0.2) is 42.6 Å². The summed E-state index contributed by atoms with van der Waals surface area (Å²) >= 11 is 0. The van der Waals surface area contributed by atoms with Gasteiger partial charge in [-0.15, -0.1) is 0 Å². The molecular formula is C17H18FN3. The van der Waals surface area contributed by atoms with Gasteiger partial charge >= 0.3 is 0 Å². The molecule has 3 aromatic rings. The Bertz CT molecular complexity index is 773. The van der Waals surface area contributed by atoms with Crippen molar-refractivity contribution in [3.8, 4) is 0 Å². The molecule has 1 atom stereocenters. The van der Waals surface area contributed by atoms with Crippen molar-refractivity contribution in [3.63, 3.8) is 0 Å². The number of fused-ring (bicyclic) bond motifs is 1. The van der Waals surface area contributed by atoms with E-state index in [2.05, 4.69) is 15.6 Å². The lowest BCUT2D eigenvalue weighted by Crippen LogP contribution is -2.11. The van der Waals surface area contributed by atoms with E-state index in [0.717, 1.165) is 28.2 Å². The van der Waals surface area contributed by atoms with Crippen LogP contribution in [0, 0.1) is 12.7 Å². The summed E-state index contributed by atoms with van der Waals surface area (Å²) in [5, 5.41) is 0.